The van der Waals surface area contributed by atoms with E-state index in [4.69, 9.17) is 0 Å². The molecule has 2 fully saturated rings. The first kappa shape index (κ1) is 12.5. The van der Waals surface area contributed by atoms with E-state index in [1.54, 1.807) is 0 Å². The Morgan fingerprint density at radius 3 is 2.38 bits per heavy atom. The molecule has 0 spiro atoms. The van der Waals surface area contributed by atoms with E-state index in [1.807, 2.05) is 0 Å². The van der Waals surface area contributed by atoms with E-state index in [0.717, 1.165) is 17.8 Å². The molecule has 0 aromatic heterocycles. The highest BCUT2D eigenvalue weighted by atomic mass is 14.6. The van der Waals surface area contributed by atoms with Crippen molar-refractivity contribution in [3.05, 3.63) is 0 Å². The van der Waals surface area contributed by atoms with Crippen molar-refractivity contribution >= 4 is 0 Å². The minimum Gasteiger partial charge on any atom is -0.0651 e. The average molecular weight is 222 g/mol. The molecule has 3 unspecified atom stereocenters. The number of rotatable bonds is 1. The fourth-order valence-electron chi connectivity index (χ4n) is 5.48. The maximum Gasteiger partial charge on any atom is -0.0262 e. The van der Waals surface area contributed by atoms with Gasteiger partial charge in [0.05, 0.1) is 0 Å². The lowest BCUT2D eigenvalue weighted by Gasteiger charge is -2.59. The Bertz CT molecular complexity index is 253. The average Bonchev–Trinajstić information content (AvgIpc) is 2.15. The van der Waals surface area contributed by atoms with Crippen molar-refractivity contribution in [1.29, 1.82) is 0 Å². The second kappa shape index (κ2) is 4.03. The Balaban J connectivity index is 2.31. The first-order chi connectivity index (χ1) is 7.42. The van der Waals surface area contributed by atoms with Gasteiger partial charge in [-0.1, -0.05) is 53.9 Å². The van der Waals surface area contributed by atoms with Crippen molar-refractivity contribution < 1.29 is 0 Å². The molecule has 0 heteroatoms. The van der Waals surface area contributed by atoms with Crippen molar-refractivity contribution in [1.82, 2.24) is 0 Å². The quantitative estimate of drug-likeness (QED) is 0.566. The molecule has 16 heavy (non-hydrogen) atoms. The molecule has 2 saturated carbocycles. The lowest BCUT2D eigenvalue weighted by Crippen LogP contribution is -2.50. The van der Waals surface area contributed by atoms with E-state index in [9.17, 15) is 0 Å². The Morgan fingerprint density at radius 2 is 1.75 bits per heavy atom. The molecular weight excluding hydrogens is 192 g/mol. The monoisotopic (exact) mass is 222 g/mol. The zero-order valence-corrected chi connectivity index (χ0v) is 12.0. The van der Waals surface area contributed by atoms with Crippen molar-refractivity contribution in [2.75, 3.05) is 0 Å². The summed E-state index contributed by atoms with van der Waals surface area (Å²) in [7, 11) is 0. The van der Waals surface area contributed by atoms with Gasteiger partial charge in [0.2, 0.25) is 0 Å². The van der Waals surface area contributed by atoms with Gasteiger partial charge >= 0.3 is 0 Å². The SMILES string of the molecule is CCC1C(C)CCC2C(C)(C)CCC[C@]12C. The molecule has 94 valence electrons. The lowest BCUT2D eigenvalue weighted by atomic mass is 9.46. The first-order valence-electron chi connectivity index (χ1n) is 7.42. The largest absolute Gasteiger partial charge is 0.0651 e. The van der Waals surface area contributed by atoms with E-state index in [-0.39, 0.29) is 0 Å². The van der Waals surface area contributed by atoms with Crippen LogP contribution in [0.25, 0.3) is 0 Å². The van der Waals surface area contributed by atoms with Crippen LogP contribution in [0.4, 0.5) is 0 Å². The number of hydrogen-bond donors (Lipinski definition) is 0. The van der Waals surface area contributed by atoms with Crippen LogP contribution >= 0.6 is 0 Å². The van der Waals surface area contributed by atoms with E-state index in [0.29, 0.717) is 10.8 Å². The topological polar surface area (TPSA) is 0 Å². The van der Waals surface area contributed by atoms with Crippen molar-refractivity contribution in [2.24, 2.45) is 28.6 Å². The van der Waals surface area contributed by atoms with Crippen LogP contribution in [0.2, 0.25) is 0 Å². The van der Waals surface area contributed by atoms with Crippen LogP contribution in [0.3, 0.4) is 0 Å². The van der Waals surface area contributed by atoms with Crippen molar-refractivity contribution in [2.45, 2.75) is 73.1 Å². The summed E-state index contributed by atoms with van der Waals surface area (Å²) in [5, 5.41) is 0. The molecule has 0 bridgehead atoms. The Kier molecular flexibility index (Phi) is 3.14. The summed E-state index contributed by atoms with van der Waals surface area (Å²) in [5.41, 5.74) is 1.24. The summed E-state index contributed by atoms with van der Waals surface area (Å²) >= 11 is 0. The second-order valence-corrected chi connectivity index (χ2v) is 7.47. The van der Waals surface area contributed by atoms with Gasteiger partial charge in [-0.15, -0.1) is 0 Å². The lowest BCUT2D eigenvalue weighted by molar-refractivity contribution is -0.0943. The predicted octanol–water partition coefficient (Wildman–Crippen LogP) is 5.28. The summed E-state index contributed by atoms with van der Waals surface area (Å²) in [5.74, 6) is 2.92. The first-order valence-corrected chi connectivity index (χ1v) is 7.42. The molecule has 4 atom stereocenters. The van der Waals surface area contributed by atoms with Crippen LogP contribution in [0, 0.1) is 28.6 Å². The summed E-state index contributed by atoms with van der Waals surface area (Å²) in [6, 6.07) is 0. The van der Waals surface area contributed by atoms with Crippen LogP contribution < -0.4 is 0 Å². The Hall–Kier alpha value is 0. The molecule has 0 aliphatic heterocycles. The van der Waals surface area contributed by atoms with Gasteiger partial charge in [0.1, 0.15) is 0 Å². The van der Waals surface area contributed by atoms with Crippen LogP contribution in [-0.2, 0) is 0 Å². The third-order valence-electron chi connectivity index (χ3n) is 6.16. The molecule has 2 rings (SSSR count). The molecular formula is C16H30. The van der Waals surface area contributed by atoms with Gasteiger partial charge in [-0.2, -0.15) is 0 Å². The molecule has 2 aliphatic carbocycles. The molecule has 0 amide bonds. The Labute approximate surface area is 102 Å². The highest BCUT2D eigenvalue weighted by molar-refractivity contribution is 5.02. The minimum absolute atomic E-state index is 0.598. The Morgan fingerprint density at radius 1 is 1.06 bits per heavy atom. The highest BCUT2D eigenvalue weighted by Crippen LogP contribution is 2.61. The standard InChI is InChI=1S/C16H30/c1-6-13-12(2)8-9-14-15(3,4)10-7-11-16(13,14)5/h12-14H,6-11H2,1-5H3/t12?,13?,14?,16-/m1/s1. The van der Waals surface area contributed by atoms with E-state index in [1.165, 1.54) is 38.5 Å². The number of hydrogen-bond acceptors (Lipinski definition) is 0. The van der Waals surface area contributed by atoms with Gasteiger partial charge in [0.15, 0.2) is 0 Å². The summed E-state index contributed by atoms with van der Waals surface area (Å²) in [6.45, 7) is 12.6. The maximum absolute atomic E-state index is 2.61. The van der Waals surface area contributed by atoms with Gasteiger partial charge in [-0.3, -0.25) is 0 Å². The summed E-state index contributed by atoms with van der Waals surface area (Å²) < 4.78 is 0. The van der Waals surface area contributed by atoms with E-state index < -0.39 is 0 Å². The third kappa shape index (κ3) is 1.73. The second-order valence-electron chi connectivity index (χ2n) is 7.47. The molecule has 0 aromatic rings. The van der Waals surface area contributed by atoms with Crippen LogP contribution in [0.1, 0.15) is 73.1 Å². The fraction of sp³-hybridized carbons (Fsp3) is 1.00. The molecule has 2 aliphatic rings. The predicted molar refractivity (Wildman–Crippen MR) is 71.4 cm³/mol. The number of fused-ring (bicyclic) bond motifs is 1. The molecule has 0 aromatic carbocycles. The highest BCUT2D eigenvalue weighted by Gasteiger charge is 2.52. The van der Waals surface area contributed by atoms with Gasteiger partial charge in [-0.05, 0) is 47.8 Å². The molecule has 0 N–H and O–H groups in total. The molecule has 0 saturated heterocycles. The normalized spacial score (nSPS) is 47.4. The van der Waals surface area contributed by atoms with Crippen LogP contribution in [0.15, 0.2) is 0 Å². The van der Waals surface area contributed by atoms with Crippen LogP contribution in [0.5, 0.6) is 0 Å². The zero-order valence-electron chi connectivity index (χ0n) is 12.0. The third-order valence-corrected chi connectivity index (χ3v) is 6.16. The van der Waals surface area contributed by atoms with Gasteiger partial charge in [0.25, 0.3) is 0 Å². The van der Waals surface area contributed by atoms with Crippen LogP contribution in [-0.4, -0.2) is 0 Å². The minimum atomic E-state index is 0.598. The molecule has 0 nitrogen and oxygen atoms in total. The van der Waals surface area contributed by atoms with Gasteiger partial charge in [-0.25, -0.2) is 0 Å². The maximum atomic E-state index is 2.61. The van der Waals surface area contributed by atoms with E-state index in [2.05, 4.69) is 34.6 Å². The van der Waals surface area contributed by atoms with E-state index >= 15 is 0 Å². The summed E-state index contributed by atoms with van der Waals surface area (Å²) in [4.78, 5) is 0. The zero-order chi connectivity index (χ0) is 12.0. The molecule has 0 radical (unpaired) electrons. The van der Waals surface area contributed by atoms with Gasteiger partial charge < -0.3 is 0 Å². The smallest absolute Gasteiger partial charge is 0.0262 e. The fourth-order valence-corrected chi connectivity index (χ4v) is 5.48. The van der Waals surface area contributed by atoms with Gasteiger partial charge in [0, 0.05) is 0 Å². The van der Waals surface area contributed by atoms with Crippen molar-refractivity contribution in [3.8, 4) is 0 Å². The molecule has 0 heterocycles. The van der Waals surface area contributed by atoms with Crippen molar-refractivity contribution in [3.63, 3.8) is 0 Å². The summed E-state index contributed by atoms with van der Waals surface area (Å²) in [6.07, 6.45) is 8.76.